The summed E-state index contributed by atoms with van der Waals surface area (Å²) in [6.45, 7) is 4.75. The minimum atomic E-state index is -0.0758. The molecule has 0 radical (unpaired) electrons. The molecule has 5 heteroatoms. The third kappa shape index (κ3) is 4.83. The van der Waals surface area contributed by atoms with Crippen molar-refractivity contribution in [3.05, 3.63) is 16.1 Å². The van der Waals surface area contributed by atoms with Crippen LogP contribution < -0.4 is 11.1 Å². The van der Waals surface area contributed by atoms with E-state index in [1.165, 1.54) is 11.3 Å². The molecule has 1 amide bonds. The number of rotatable bonds is 7. The first-order valence-electron chi connectivity index (χ1n) is 6.12. The van der Waals surface area contributed by atoms with Gasteiger partial charge in [0, 0.05) is 17.8 Å². The number of hydrogen-bond donors (Lipinski definition) is 2. The van der Waals surface area contributed by atoms with Gasteiger partial charge in [0.25, 0.3) is 5.91 Å². The Kier molecular flexibility index (Phi) is 6.15. The molecular weight excluding hydrogens is 234 g/mol. The topological polar surface area (TPSA) is 68.0 Å². The molecule has 1 aromatic heterocycles. The van der Waals surface area contributed by atoms with Gasteiger partial charge < -0.3 is 11.1 Å². The van der Waals surface area contributed by atoms with Crippen molar-refractivity contribution in [1.82, 2.24) is 10.3 Å². The van der Waals surface area contributed by atoms with Crippen LogP contribution in [0.1, 0.15) is 48.6 Å². The number of thiazole rings is 1. The van der Waals surface area contributed by atoms with E-state index in [0.717, 1.165) is 30.7 Å². The van der Waals surface area contributed by atoms with Gasteiger partial charge in [-0.15, -0.1) is 11.3 Å². The maximum Gasteiger partial charge on any atom is 0.270 e. The van der Waals surface area contributed by atoms with Crippen LogP contribution in [0.4, 0.5) is 0 Å². The molecule has 0 bridgehead atoms. The first kappa shape index (κ1) is 14.1. The zero-order chi connectivity index (χ0) is 12.7. The van der Waals surface area contributed by atoms with Gasteiger partial charge in [-0.2, -0.15) is 0 Å². The number of unbranched alkanes of at least 4 members (excludes halogenated alkanes) is 1. The second-order valence-electron chi connectivity index (χ2n) is 4.18. The maximum absolute atomic E-state index is 11.8. The van der Waals surface area contributed by atoms with Crippen LogP contribution in [0.3, 0.4) is 0 Å². The van der Waals surface area contributed by atoms with E-state index in [2.05, 4.69) is 17.2 Å². The Balaban J connectivity index is 2.45. The fraction of sp³-hybridized carbons (Fsp3) is 0.667. The number of nitrogens with two attached hydrogens (primary N) is 1. The molecule has 0 aromatic carbocycles. The molecule has 1 heterocycles. The standard InChI is InChI=1S/C12H21N3OS/c1-3-4-5-9(2)14-12(16)10-8-17-11(15-10)6-7-13/h8-9H,3-7,13H2,1-2H3,(H,14,16). The lowest BCUT2D eigenvalue weighted by atomic mass is 10.1. The Hall–Kier alpha value is -0.940. The van der Waals surface area contributed by atoms with Crippen LogP contribution in [0.15, 0.2) is 5.38 Å². The van der Waals surface area contributed by atoms with Gasteiger partial charge in [0.1, 0.15) is 5.69 Å². The largest absolute Gasteiger partial charge is 0.348 e. The van der Waals surface area contributed by atoms with Gasteiger partial charge in [-0.1, -0.05) is 19.8 Å². The van der Waals surface area contributed by atoms with E-state index in [1.807, 2.05) is 6.92 Å². The molecule has 3 N–H and O–H groups in total. The summed E-state index contributed by atoms with van der Waals surface area (Å²) >= 11 is 1.50. The van der Waals surface area contributed by atoms with Crippen molar-refractivity contribution in [1.29, 1.82) is 0 Å². The second-order valence-corrected chi connectivity index (χ2v) is 5.12. The van der Waals surface area contributed by atoms with Crippen molar-refractivity contribution < 1.29 is 4.79 Å². The van der Waals surface area contributed by atoms with Crippen molar-refractivity contribution >= 4 is 17.2 Å². The number of carbonyl (C=O) groups is 1. The molecule has 1 rings (SSSR count). The van der Waals surface area contributed by atoms with Crippen molar-refractivity contribution in [2.45, 2.75) is 45.6 Å². The van der Waals surface area contributed by atoms with E-state index >= 15 is 0 Å². The van der Waals surface area contributed by atoms with Gasteiger partial charge >= 0.3 is 0 Å². The highest BCUT2D eigenvalue weighted by molar-refractivity contribution is 7.09. The number of hydrogen-bond acceptors (Lipinski definition) is 4. The fourth-order valence-corrected chi connectivity index (χ4v) is 2.33. The molecule has 1 aromatic rings. The molecule has 0 saturated heterocycles. The molecule has 4 nitrogen and oxygen atoms in total. The minimum Gasteiger partial charge on any atom is -0.348 e. The van der Waals surface area contributed by atoms with Crippen molar-refractivity contribution in [2.24, 2.45) is 5.73 Å². The highest BCUT2D eigenvalue weighted by Crippen LogP contribution is 2.10. The summed E-state index contributed by atoms with van der Waals surface area (Å²) in [6.07, 6.45) is 4.04. The molecule has 0 saturated carbocycles. The highest BCUT2D eigenvalue weighted by atomic mass is 32.1. The predicted molar refractivity (Wildman–Crippen MR) is 71.3 cm³/mol. The molecule has 0 aliphatic carbocycles. The van der Waals surface area contributed by atoms with Crippen LogP contribution in [-0.2, 0) is 6.42 Å². The summed E-state index contributed by atoms with van der Waals surface area (Å²) in [5.41, 5.74) is 5.96. The van der Waals surface area contributed by atoms with Crippen LogP contribution in [0.25, 0.3) is 0 Å². The predicted octanol–water partition coefficient (Wildman–Crippen LogP) is 1.95. The van der Waals surface area contributed by atoms with Crippen LogP contribution in [0.2, 0.25) is 0 Å². The number of aromatic nitrogens is 1. The number of nitrogens with one attached hydrogen (secondary N) is 1. The number of amides is 1. The monoisotopic (exact) mass is 255 g/mol. The first-order chi connectivity index (χ1) is 8.17. The van der Waals surface area contributed by atoms with E-state index < -0.39 is 0 Å². The third-order valence-electron chi connectivity index (χ3n) is 2.51. The molecule has 1 atom stereocenters. The van der Waals surface area contributed by atoms with Crippen molar-refractivity contribution in [3.63, 3.8) is 0 Å². The zero-order valence-corrected chi connectivity index (χ0v) is 11.3. The normalized spacial score (nSPS) is 12.4. The molecule has 0 aliphatic heterocycles. The number of nitrogens with zero attached hydrogens (tertiary/aromatic N) is 1. The van der Waals surface area contributed by atoms with Crippen LogP contribution in [0.5, 0.6) is 0 Å². The summed E-state index contributed by atoms with van der Waals surface area (Å²) in [5.74, 6) is -0.0758. The summed E-state index contributed by atoms with van der Waals surface area (Å²) in [5, 5.41) is 5.69. The highest BCUT2D eigenvalue weighted by Gasteiger charge is 2.12. The van der Waals surface area contributed by atoms with Gasteiger partial charge in [-0.25, -0.2) is 4.98 Å². The van der Waals surface area contributed by atoms with E-state index in [-0.39, 0.29) is 11.9 Å². The molecule has 17 heavy (non-hydrogen) atoms. The van der Waals surface area contributed by atoms with Gasteiger partial charge in [0.05, 0.1) is 5.01 Å². The maximum atomic E-state index is 11.8. The lowest BCUT2D eigenvalue weighted by molar-refractivity contribution is 0.0933. The first-order valence-corrected chi connectivity index (χ1v) is 7.00. The second kappa shape index (κ2) is 7.40. The SMILES string of the molecule is CCCCC(C)NC(=O)c1csc(CCN)n1. The average Bonchev–Trinajstić information content (AvgIpc) is 2.75. The lowest BCUT2D eigenvalue weighted by Crippen LogP contribution is -2.32. The van der Waals surface area contributed by atoms with Crippen molar-refractivity contribution in [3.8, 4) is 0 Å². The van der Waals surface area contributed by atoms with E-state index in [9.17, 15) is 4.79 Å². The van der Waals surface area contributed by atoms with Gasteiger partial charge in [-0.05, 0) is 19.9 Å². The average molecular weight is 255 g/mol. The van der Waals surface area contributed by atoms with Gasteiger partial charge in [0.2, 0.25) is 0 Å². The van der Waals surface area contributed by atoms with Crippen molar-refractivity contribution in [2.75, 3.05) is 6.54 Å². The molecule has 1 unspecified atom stereocenters. The zero-order valence-electron chi connectivity index (χ0n) is 10.5. The van der Waals surface area contributed by atoms with Gasteiger partial charge in [0.15, 0.2) is 0 Å². The molecule has 0 fully saturated rings. The summed E-state index contributed by atoms with van der Waals surface area (Å²) in [4.78, 5) is 16.1. The van der Waals surface area contributed by atoms with E-state index in [0.29, 0.717) is 12.2 Å². The quantitative estimate of drug-likeness (QED) is 0.782. The summed E-state index contributed by atoms with van der Waals surface area (Å²) < 4.78 is 0. The van der Waals surface area contributed by atoms with Crippen LogP contribution in [0, 0.1) is 0 Å². The van der Waals surface area contributed by atoms with Crippen LogP contribution >= 0.6 is 11.3 Å². The summed E-state index contributed by atoms with van der Waals surface area (Å²) in [6, 6.07) is 0.210. The Morgan fingerprint density at radius 3 is 3.06 bits per heavy atom. The third-order valence-corrected chi connectivity index (χ3v) is 3.42. The smallest absolute Gasteiger partial charge is 0.270 e. The lowest BCUT2D eigenvalue weighted by Gasteiger charge is -2.11. The summed E-state index contributed by atoms with van der Waals surface area (Å²) in [7, 11) is 0. The fourth-order valence-electron chi connectivity index (χ4n) is 1.53. The molecule has 96 valence electrons. The Morgan fingerprint density at radius 2 is 2.41 bits per heavy atom. The van der Waals surface area contributed by atoms with E-state index in [1.54, 1.807) is 5.38 Å². The molecule has 0 aliphatic rings. The Labute approximate surface area is 107 Å². The Morgan fingerprint density at radius 1 is 1.65 bits per heavy atom. The van der Waals surface area contributed by atoms with Gasteiger partial charge in [-0.3, -0.25) is 4.79 Å². The van der Waals surface area contributed by atoms with E-state index in [4.69, 9.17) is 5.73 Å². The molecular formula is C12H21N3OS. The number of carbonyl (C=O) groups excluding carboxylic acids is 1. The van der Waals surface area contributed by atoms with Crippen LogP contribution in [-0.4, -0.2) is 23.5 Å². The molecule has 0 spiro atoms. The minimum absolute atomic E-state index is 0.0758. The Bertz CT molecular complexity index is 351.